The number of anilines is 1. The number of carbonyl (C=O) groups excluding carboxylic acids is 3. The van der Waals surface area contributed by atoms with Gasteiger partial charge in [0.15, 0.2) is 6.61 Å². The van der Waals surface area contributed by atoms with Gasteiger partial charge in [-0.15, -0.1) is 0 Å². The highest BCUT2D eigenvalue weighted by atomic mass is 16.5. The van der Waals surface area contributed by atoms with Crippen molar-refractivity contribution in [3.05, 3.63) is 23.8 Å². The molecule has 2 amide bonds. The maximum absolute atomic E-state index is 11.5. The molecule has 0 aliphatic carbocycles. The van der Waals surface area contributed by atoms with Crippen LogP contribution in [0.3, 0.4) is 0 Å². The van der Waals surface area contributed by atoms with E-state index in [0.717, 1.165) is 5.56 Å². The molecule has 1 aromatic carbocycles. The first-order chi connectivity index (χ1) is 9.02. The minimum Gasteiger partial charge on any atom is -0.482 e. The maximum Gasteiger partial charge on any atom is 0.286 e. The molecule has 0 aromatic heterocycles. The van der Waals surface area contributed by atoms with Gasteiger partial charge in [0.25, 0.3) is 11.8 Å². The molecule has 19 heavy (non-hydrogen) atoms. The van der Waals surface area contributed by atoms with E-state index in [-0.39, 0.29) is 18.8 Å². The molecular weight excluding hydrogens is 248 g/mol. The average Bonchev–Trinajstić information content (AvgIpc) is 2.42. The first kappa shape index (κ1) is 13.1. The number of aldehydes is 1. The summed E-state index contributed by atoms with van der Waals surface area (Å²) in [5.74, 6) is -0.0735. The van der Waals surface area contributed by atoms with Gasteiger partial charge >= 0.3 is 0 Å². The zero-order valence-corrected chi connectivity index (χ0v) is 10.8. The second-order valence-electron chi connectivity index (χ2n) is 4.36. The minimum absolute atomic E-state index is 0.0341. The Hall–Kier alpha value is -2.37. The van der Waals surface area contributed by atoms with Crippen molar-refractivity contribution in [2.45, 2.75) is 6.54 Å². The van der Waals surface area contributed by atoms with Crippen molar-refractivity contribution in [1.82, 2.24) is 4.90 Å². The van der Waals surface area contributed by atoms with Crippen LogP contribution in [0.4, 0.5) is 5.69 Å². The fraction of sp³-hybridized carbons (Fsp3) is 0.308. The Kier molecular flexibility index (Phi) is 3.50. The van der Waals surface area contributed by atoms with Crippen LogP contribution in [-0.4, -0.2) is 43.7 Å². The molecule has 100 valence electrons. The highest BCUT2D eigenvalue weighted by molar-refractivity contribution is 6.23. The first-order valence-corrected chi connectivity index (χ1v) is 5.75. The number of carbonyl (C=O) groups is 3. The number of ether oxygens (including phenoxy) is 1. The van der Waals surface area contributed by atoms with Crippen molar-refractivity contribution in [1.29, 1.82) is 0 Å². The number of amides is 2. The van der Waals surface area contributed by atoms with Crippen LogP contribution in [0.15, 0.2) is 18.2 Å². The molecule has 0 radical (unpaired) electrons. The SMILES string of the molecule is CN(Cc1ccc2c(c1)N(C)C(=O)CO2)C(=O)C=O. The summed E-state index contributed by atoms with van der Waals surface area (Å²) in [7, 11) is 3.22. The van der Waals surface area contributed by atoms with Crippen molar-refractivity contribution in [3.63, 3.8) is 0 Å². The molecule has 0 bridgehead atoms. The van der Waals surface area contributed by atoms with Crippen LogP contribution >= 0.6 is 0 Å². The Labute approximate surface area is 110 Å². The molecule has 0 N–H and O–H groups in total. The molecule has 0 saturated heterocycles. The van der Waals surface area contributed by atoms with Crippen LogP contribution in [0.2, 0.25) is 0 Å². The van der Waals surface area contributed by atoms with E-state index in [1.807, 2.05) is 0 Å². The number of fused-ring (bicyclic) bond motifs is 1. The Bertz CT molecular complexity index is 541. The second-order valence-corrected chi connectivity index (χ2v) is 4.36. The fourth-order valence-electron chi connectivity index (χ4n) is 1.86. The molecule has 0 atom stereocenters. The predicted molar refractivity (Wildman–Crippen MR) is 67.9 cm³/mol. The Morgan fingerprint density at radius 3 is 2.95 bits per heavy atom. The summed E-state index contributed by atoms with van der Waals surface area (Å²) in [5.41, 5.74) is 1.49. The minimum atomic E-state index is -0.585. The summed E-state index contributed by atoms with van der Waals surface area (Å²) in [5, 5.41) is 0. The highest BCUT2D eigenvalue weighted by Gasteiger charge is 2.22. The number of nitrogens with zero attached hydrogens (tertiary/aromatic N) is 2. The lowest BCUT2D eigenvalue weighted by Crippen LogP contribution is -2.35. The zero-order valence-electron chi connectivity index (χ0n) is 10.8. The average molecular weight is 262 g/mol. The molecule has 6 nitrogen and oxygen atoms in total. The van der Waals surface area contributed by atoms with Gasteiger partial charge in [0, 0.05) is 20.6 Å². The third-order valence-electron chi connectivity index (χ3n) is 3.01. The smallest absolute Gasteiger partial charge is 0.286 e. The van der Waals surface area contributed by atoms with Crippen molar-refractivity contribution in [3.8, 4) is 5.75 Å². The van der Waals surface area contributed by atoms with Crippen molar-refractivity contribution < 1.29 is 19.1 Å². The van der Waals surface area contributed by atoms with Gasteiger partial charge in [-0.05, 0) is 17.7 Å². The molecule has 0 fully saturated rings. The molecule has 1 aliphatic rings. The van der Waals surface area contributed by atoms with E-state index in [1.165, 1.54) is 9.80 Å². The van der Waals surface area contributed by atoms with Gasteiger partial charge in [-0.25, -0.2) is 0 Å². The van der Waals surface area contributed by atoms with Gasteiger partial charge in [-0.3, -0.25) is 14.4 Å². The lowest BCUT2D eigenvalue weighted by molar-refractivity contribution is -0.138. The normalized spacial score (nSPS) is 13.6. The number of likely N-dealkylation sites (N-methyl/N-ethyl adjacent to an activating group) is 2. The van der Waals surface area contributed by atoms with E-state index >= 15 is 0 Å². The predicted octanol–water partition coefficient (Wildman–Crippen LogP) is 0.199. The van der Waals surface area contributed by atoms with Crippen molar-refractivity contribution >= 4 is 23.8 Å². The molecule has 0 unspecified atom stereocenters. The van der Waals surface area contributed by atoms with E-state index < -0.39 is 5.91 Å². The van der Waals surface area contributed by atoms with E-state index in [2.05, 4.69) is 0 Å². The second kappa shape index (κ2) is 5.09. The summed E-state index contributed by atoms with van der Waals surface area (Å²) in [6, 6.07) is 5.34. The van der Waals surface area contributed by atoms with E-state index in [9.17, 15) is 14.4 Å². The fourth-order valence-corrected chi connectivity index (χ4v) is 1.86. The number of benzene rings is 1. The molecule has 2 rings (SSSR count). The van der Waals surface area contributed by atoms with Crippen LogP contribution in [0.25, 0.3) is 0 Å². The van der Waals surface area contributed by atoms with Crippen LogP contribution in [0, 0.1) is 0 Å². The summed E-state index contributed by atoms with van der Waals surface area (Å²) in [6.45, 7) is 0.333. The maximum atomic E-state index is 11.5. The molecule has 1 aromatic rings. The molecule has 6 heteroatoms. The summed E-state index contributed by atoms with van der Waals surface area (Å²) in [4.78, 5) is 35.9. The largest absolute Gasteiger partial charge is 0.482 e. The van der Waals surface area contributed by atoms with Gasteiger partial charge in [0.2, 0.25) is 6.29 Å². The van der Waals surface area contributed by atoms with Gasteiger partial charge in [-0.1, -0.05) is 6.07 Å². The van der Waals surface area contributed by atoms with Crippen LogP contribution in [0.1, 0.15) is 5.56 Å². The standard InChI is InChI=1S/C13H14N2O4/c1-14(12(17)7-16)6-9-3-4-11-10(5-9)15(2)13(18)8-19-11/h3-5,7H,6,8H2,1-2H3. The van der Waals surface area contributed by atoms with E-state index in [4.69, 9.17) is 4.74 Å². The summed E-state index contributed by atoms with van der Waals surface area (Å²) < 4.78 is 5.31. The van der Waals surface area contributed by atoms with Gasteiger partial charge < -0.3 is 14.5 Å². The van der Waals surface area contributed by atoms with E-state index in [1.54, 1.807) is 32.3 Å². The topological polar surface area (TPSA) is 66.9 Å². The van der Waals surface area contributed by atoms with Crippen LogP contribution < -0.4 is 9.64 Å². The molecule has 0 spiro atoms. The Morgan fingerprint density at radius 2 is 2.26 bits per heavy atom. The van der Waals surface area contributed by atoms with Crippen molar-refractivity contribution in [2.75, 3.05) is 25.6 Å². The van der Waals surface area contributed by atoms with E-state index in [0.29, 0.717) is 18.0 Å². The summed E-state index contributed by atoms with van der Waals surface area (Å²) >= 11 is 0. The van der Waals surface area contributed by atoms with Crippen LogP contribution in [-0.2, 0) is 20.9 Å². The number of rotatable bonds is 3. The van der Waals surface area contributed by atoms with Crippen LogP contribution in [0.5, 0.6) is 5.75 Å². The molecule has 1 aliphatic heterocycles. The lowest BCUT2D eigenvalue weighted by atomic mass is 10.1. The third-order valence-corrected chi connectivity index (χ3v) is 3.01. The Morgan fingerprint density at radius 1 is 1.53 bits per heavy atom. The lowest BCUT2D eigenvalue weighted by Gasteiger charge is -2.26. The number of hydrogen-bond acceptors (Lipinski definition) is 4. The molecular formula is C13H14N2O4. The van der Waals surface area contributed by atoms with Crippen molar-refractivity contribution in [2.24, 2.45) is 0 Å². The third kappa shape index (κ3) is 2.57. The monoisotopic (exact) mass is 262 g/mol. The van der Waals surface area contributed by atoms with Gasteiger partial charge in [0.05, 0.1) is 5.69 Å². The Balaban J connectivity index is 2.23. The summed E-state index contributed by atoms with van der Waals surface area (Å²) in [6.07, 6.45) is 0.275. The number of hydrogen-bond donors (Lipinski definition) is 0. The molecule has 1 heterocycles. The zero-order chi connectivity index (χ0) is 14.0. The first-order valence-electron chi connectivity index (χ1n) is 5.75. The highest BCUT2D eigenvalue weighted by Crippen LogP contribution is 2.32. The molecule has 0 saturated carbocycles. The van der Waals surface area contributed by atoms with Gasteiger partial charge in [0.1, 0.15) is 5.75 Å². The van der Waals surface area contributed by atoms with Gasteiger partial charge in [-0.2, -0.15) is 0 Å². The quantitative estimate of drug-likeness (QED) is 0.576.